The average molecular weight is 332 g/mol. The first-order chi connectivity index (χ1) is 11.1. The predicted octanol–water partition coefficient (Wildman–Crippen LogP) is 4.15. The molecule has 0 saturated heterocycles. The molecule has 0 atom stereocenters. The lowest BCUT2D eigenvalue weighted by Crippen LogP contribution is -2.24. The monoisotopic (exact) mass is 331 g/mol. The van der Waals surface area contributed by atoms with Crippen molar-refractivity contribution < 1.29 is 13.9 Å². The Balaban J connectivity index is 1.70. The lowest BCUT2D eigenvalue weighted by Gasteiger charge is -2.05. The van der Waals surface area contributed by atoms with Gasteiger partial charge in [-0.15, -0.1) is 0 Å². The number of benzene rings is 2. The summed E-state index contributed by atoms with van der Waals surface area (Å²) in [5.74, 6) is 5.21. The third-order valence-electron chi connectivity index (χ3n) is 2.88. The van der Waals surface area contributed by atoms with Crippen LogP contribution in [0.15, 0.2) is 48.5 Å². The zero-order valence-corrected chi connectivity index (χ0v) is 13.1. The molecule has 5 heteroatoms. The Kier molecular flexibility index (Phi) is 6.46. The first-order valence-corrected chi connectivity index (χ1v) is 7.41. The van der Waals surface area contributed by atoms with Gasteiger partial charge in [0.1, 0.15) is 12.4 Å². The molecule has 0 spiro atoms. The van der Waals surface area contributed by atoms with E-state index < -0.39 is 6.09 Å². The second-order valence-electron chi connectivity index (χ2n) is 4.66. The largest absolute Gasteiger partial charge is 0.445 e. The summed E-state index contributed by atoms with van der Waals surface area (Å²) in [5.41, 5.74) is 1.35. The van der Waals surface area contributed by atoms with Crippen LogP contribution in [0.5, 0.6) is 0 Å². The van der Waals surface area contributed by atoms with Gasteiger partial charge in [0, 0.05) is 18.5 Å². The van der Waals surface area contributed by atoms with E-state index in [-0.39, 0.29) is 12.4 Å². The number of ether oxygens (including phenoxy) is 1. The van der Waals surface area contributed by atoms with Crippen LogP contribution in [0, 0.1) is 17.7 Å². The lowest BCUT2D eigenvalue weighted by molar-refractivity contribution is 0.140. The minimum Gasteiger partial charge on any atom is -0.445 e. The van der Waals surface area contributed by atoms with Gasteiger partial charge in [0.15, 0.2) is 0 Å². The van der Waals surface area contributed by atoms with Gasteiger partial charge in [-0.1, -0.05) is 53.8 Å². The summed E-state index contributed by atoms with van der Waals surface area (Å²) < 4.78 is 18.1. The number of rotatable bonds is 4. The van der Waals surface area contributed by atoms with Crippen molar-refractivity contribution in [3.63, 3.8) is 0 Å². The second-order valence-corrected chi connectivity index (χ2v) is 5.07. The number of carbonyl (C=O) groups excluding carboxylic acids is 1. The normalized spacial score (nSPS) is 9.65. The molecule has 2 aromatic rings. The molecule has 2 aromatic carbocycles. The summed E-state index contributed by atoms with van der Waals surface area (Å²) in [6, 6.07) is 13.4. The molecule has 1 N–H and O–H groups in total. The Morgan fingerprint density at radius 3 is 2.78 bits per heavy atom. The van der Waals surface area contributed by atoms with Crippen molar-refractivity contribution in [2.75, 3.05) is 6.54 Å². The molecule has 0 aliphatic rings. The maximum absolute atomic E-state index is 13.1. The third kappa shape index (κ3) is 6.01. The Labute approximate surface area is 139 Å². The molecule has 23 heavy (non-hydrogen) atoms. The van der Waals surface area contributed by atoms with Crippen LogP contribution in [0.25, 0.3) is 0 Å². The van der Waals surface area contributed by atoms with Gasteiger partial charge in [0.25, 0.3) is 0 Å². The van der Waals surface area contributed by atoms with Gasteiger partial charge in [0.05, 0.1) is 5.02 Å². The maximum Gasteiger partial charge on any atom is 0.407 e. The molecule has 0 saturated carbocycles. The number of nitrogens with one attached hydrogen (secondary N) is 1. The van der Waals surface area contributed by atoms with Crippen molar-refractivity contribution in [1.82, 2.24) is 5.32 Å². The lowest BCUT2D eigenvalue weighted by atomic mass is 10.2. The SMILES string of the molecule is O=C(NCCC#Cc1cc(F)ccc1Cl)OCc1ccccc1. The van der Waals surface area contributed by atoms with Gasteiger partial charge in [0.2, 0.25) is 0 Å². The Morgan fingerprint density at radius 2 is 2.00 bits per heavy atom. The van der Waals surface area contributed by atoms with Crippen LogP contribution in [0.3, 0.4) is 0 Å². The van der Waals surface area contributed by atoms with Crippen LogP contribution in [-0.4, -0.2) is 12.6 Å². The standard InChI is InChI=1S/C18H15ClFNO2/c19-17-10-9-16(20)12-15(17)8-4-5-11-21-18(22)23-13-14-6-2-1-3-7-14/h1-3,6-7,9-10,12H,5,11,13H2,(H,21,22). The van der Waals surface area contributed by atoms with E-state index in [4.69, 9.17) is 16.3 Å². The fraction of sp³-hybridized carbons (Fsp3) is 0.167. The molecule has 3 nitrogen and oxygen atoms in total. The molecule has 118 valence electrons. The van der Waals surface area contributed by atoms with Crippen molar-refractivity contribution in [3.05, 3.63) is 70.5 Å². The molecule has 0 bridgehead atoms. The molecule has 0 fully saturated rings. The number of amides is 1. The van der Waals surface area contributed by atoms with E-state index >= 15 is 0 Å². The molecule has 1 amide bonds. The molecular formula is C18H15ClFNO2. The van der Waals surface area contributed by atoms with Crippen molar-refractivity contribution in [2.24, 2.45) is 0 Å². The van der Waals surface area contributed by atoms with Crippen molar-refractivity contribution in [1.29, 1.82) is 0 Å². The van der Waals surface area contributed by atoms with Gasteiger partial charge in [-0.05, 0) is 23.8 Å². The summed E-state index contributed by atoms with van der Waals surface area (Å²) in [5, 5.41) is 2.99. The molecule has 2 rings (SSSR count). The second kappa shape index (κ2) is 8.82. The van der Waals surface area contributed by atoms with E-state index in [1.165, 1.54) is 18.2 Å². The van der Waals surface area contributed by atoms with Crippen LogP contribution in [0.4, 0.5) is 9.18 Å². The van der Waals surface area contributed by atoms with Crippen molar-refractivity contribution >= 4 is 17.7 Å². The molecule has 0 unspecified atom stereocenters. The summed E-state index contributed by atoms with van der Waals surface area (Å²) in [4.78, 5) is 11.5. The van der Waals surface area contributed by atoms with E-state index in [0.29, 0.717) is 23.6 Å². The zero-order chi connectivity index (χ0) is 16.5. The summed E-state index contributed by atoms with van der Waals surface area (Å²) in [6.07, 6.45) is -0.0905. The van der Waals surface area contributed by atoms with Crippen LogP contribution >= 0.6 is 11.6 Å². The molecule has 0 heterocycles. The molecule has 0 aliphatic carbocycles. The fourth-order valence-electron chi connectivity index (χ4n) is 1.75. The van der Waals surface area contributed by atoms with Crippen LogP contribution in [-0.2, 0) is 11.3 Å². The minimum absolute atomic E-state index is 0.219. The number of carbonyl (C=O) groups is 1. The highest BCUT2D eigenvalue weighted by Gasteiger charge is 2.01. The van der Waals surface area contributed by atoms with E-state index in [2.05, 4.69) is 17.2 Å². The Hall–Kier alpha value is -2.51. The van der Waals surface area contributed by atoms with Crippen molar-refractivity contribution in [2.45, 2.75) is 13.0 Å². The average Bonchev–Trinajstić information content (AvgIpc) is 2.56. The molecule has 0 aromatic heterocycles. The van der Waals surface area contributed by atoms with Crippen LogP contribution in [0.2, 0.25) is 5.02 Å². The van der Waals surface area contributed by atoms with Crippen LogP contribution < -0.4 is 5.32 Å². The van der Waals surface area contributed by atoms with E-state index in [1.54, 1.807) is 0 Å². The first-order valence-electron chi connectivity index (χ1n) is 7.03. The van der Waals surface area contributed by atoms with E-state index in [0.717, 1.165) is 5.56 Å². The highest BCUT2D eigenvalue weighted by Crippen LogP contribution is 2.15. The maximum atomic E-state index is 13.1. The smallest absolute Gasteiger partial charge is 0.407 e. The van der Waals surface area contributed by atoms with Gasteiger partial charge in [-0.3, -0.25) is 0 Å². The topological polar surface area (TPSA) is 38.3 Å². The Morgan fingerprint density at radius 1 is 1.22 bits per heavy atom. The number of hydrogen-bond donors (Lipinski definition) is 1. The van der Waals surface area contributed by atoms with E-state index in [1.807, 2.05) is 30.3 Å². The quantitative estimate of drug-likeness (QED) is 0.675. The molecule has 0 aliphatic heterocycles. The molecule has 0 radical (unpaired) electrons. The fourth-order valence-corrected chi connectivity index (χ4v) is 1.92. The summed E-state index contributed by atoms with van der Waals surface area (Å²) >= 11 is 5.90. The first kappa shape index (κ1) is 16.9. The third-order valence-corrected chi connectivity index (χ3v) is 3.21. The van der Waals surface area contributed by atoms with Crippen LogP contribution in [0.1, 0.15) is 17.5 Å². The number of halogens is 2. The highest BCUT2D eigenvalue weighted by molar-refractivity contribution is 6.31. The van der Waals surface area contributed by atoms with Gasteiger partial charge >= 0.3 is 6.09 Å². The highest BCUT2D eigenvalue weighted by atomic mass is 35.5. The summed E-state index contributed by atoms with van der Waals surface area (Å²) in [7, 11) is 0. The minimum atomic E-state index is -0.501. The van der Waals surface area contributed by atoms with Gasteiger partial charge < -0.3 is 10.1 Å². The zero-order valence-electron chi connectivity index (χ0n) is 12.3. The van der Waals surface area contributed by atoms with E-state index in [9.17, 15) is 9.18 Å². The predicted molar refractivity (Wildman–Crippen MR) is 87.5 cm³/mol. The number of hydrogen-bond acceptors (Lipinski definition) is 2. The van der Waals surface area contributed by atoms with Gasteiger partial charge in [-0.25, -0.2) is 9.18 Å². The summed E-state index contributed by atoms with van der Waals surface area (Å²) in [6.45, 7) is 0.560. The van der Waals surface area contributed by atoms with Gasteiger partial charge in [-0.2, -0.15) is 0 Å². The van der Waals surface area contributed by atoms with Crippen molar-refractivity contribution in [3.8, 4) is 11.8 Å². The number of alkyl carbamates (subject to hydrolysis) is 1. The Bertz CT molecular complexity index is 723. The molecular weight excluding hydrogens is 317 g/mol.